The Labute approximate surface area is 105 Å². The van der Waals surface area contributed by atoms with Crippen molar-refractivity contribution in [3.8, 4) is 0 Å². The van der Waals surface area contributed by atoms with Gasteiger partial charge in [0.2, 0.25) is 0 Å². The number of hydrogen-bond donors (Lipinski definition) is 0. The van der Waals surface area contributed by atoms with Crippen LogP contribution in [0.15, 0.2) is 15.9 Å². The third-order valence-corrected chi connectivity index (χ3v) is 5.01. The van der Waals surface area contributed by atoms with E-state index in [1.807, 2.05) is 11.3 Å². The van der Waals surface area contributed by atoms with Gasteiger partial charge in [0.05, 0.1) is 3.79 Å². The average molecular weight is 288 g/mol. The Morgan fingerprint density at radius 2 is 2.33 bits per heavy atom. The minimum Gasteiger partial charge on any atom is -0.295 e. The van der Waals surface area contributed by atoms with Crippen LogP contribution >= 0.6 is 27.3 Å². The molecule has 0 saturated carbocycles. The summed E-state index contributed by atoms with van der Waals surface area (Å²) in [6.45, 7) is 7.11. The number of likely N-dealkylation sites (tertiary alicyclic amines) is 1. The molecule has 0 amide bonds. The van der Waals surface area contributed by atoms with Gasteiger partial charge in [-0.15, -0.1) is 11.3 Å². The first kappa shape index (κ1) is 11.6. The summed E-state index contributed by atoms with van der Waals surface area (Å²) in [4.78, 5) is 4.12. The maximum absolute atomic E-state index is 3.53. The molecule has 0 aromatic carbocycles. The van der Waals surface area contributed by atoms with E-state index in [0.717, 1.165) is 18.5 Å². The first-order valence-electron chi connectivity index (χ1n) is 5.69. The van der Waals surface area contributed by atoms with Gasteiger partial charge < -0.3 is 0 Å². The highest BCUT2D eigenvalue weighted by molar-refractivity contribution is 9.11. The second kappa shape index (κ2) is 4.98. The summed E-state index contributed by atoms with van der Waals surface area (Å²) >= 11 is 5.39. The molecule has 15 heavy (non-hydrogen) atoms. The highest BCUT2D eigenvalue weighted by Crippen LogP contribution is 2.30. The molecule has 3 heteroatoms. The quantitative estimate of drug-likeness (QED) is 0.808. The lowest BCUT2D eigenvalue weighted by molar-refractivity contribution is 0.219. The molecule has 0 N–H and O–H groups in total. The molecular formula is C12H18BrNS. The first-order chi connectivity index (χ1) is 7.20. The Morgan fingerprint density at radius 1 is 1.53 bits per heavy atom. The van der Waals surface area contributed by atoms with Gasteiger partial charge in [0.15, 0.2) is 0 Å². The van der Waals surface area contributed by atoms with Gasteiger partial charge in [-0.2, -0.15) is 0 Å². The third kappa shape index (κ3) is 2.63. The molecule has 0 radical (unpaired) electrons. The van der Waals surface area contributed by atoms with E-state index in [9.17, 15) is 0 Å². The molecule has 1 fully saturated rings. The van der Waals surface area contributed by atoms with Gasteiger partial charge in [-0.05, 0) is 53.4 Å². The van der Waals surface area contributed by atoms with Crippen molar-refractivity contribution >= 4 is 27.3 Å². The lowest BCUT2D eigenvalue weighted by Crippen LogP contribution is -2.30. The fourth-order valence-electron chi connectivity index (χ4n) is 2.58. The summed E-state index contributed by atoms with van der Waals surface area (Å²) < 4.78 is 1.25. The van der Waals surface area contributed by atoms with Crippen molar-refractivity contribution in [3.63, 3.8) is 0 Å². The predicted molar refractivity (Wildman–Crippen MR) is 70.3 cm³/mol. The number of nitrogens with zero attached hydrogens (tertiary/aromatic N) is 1. The van der Waals surface area contributed by atoms with Gasteiger partial charge in [0, 0.05) is 17.5 Å². The van der Waals surface area contributed by atoms with E-state index >= 15 is 0 Å². The maximum Gasteiger partial charge on any atom is 0.0701 e. The average Bonchev–Trinajstić information content (AvgIpc) is 2.75. The smallest absolute Gasteiger partial charge is 0.0701 e. The van der Waals surface area contributed by atoms with Gasteiger partial charge in [0.1, 0.15) is 0 Å². The summed E-state index contributed by atoms with van der Waals surface area (Å²) in [6, 6.07) is 5.19. The Bertz CT molecular complexity index is 323. The molecule has 2 heterocycles. The van der Waals surface area contributed by atoms with Crippen molar-refractivity contribution in [2.24, 2.45) is 5.92 Å². The number of rotatable bonds is 3. The van der Waals surface area contributed by atoms with Crippen LogP contribution in [0.1, 0.15) is 31.6 Å². The molecule has 1 aromatic rings. The standard InChI is InChI=1S/C12H18BrNS/c1-3-11-9(2)6-7-14(11)8-10-4-5-12(13)15-10/h4-5,9,11H,3,6-8H2,1-2H3. The highest BCUT2D eigenvalue weighted by Gasteiger charge is 2.29. The van der Waals surface area contributed by atoms with Gasteiger partial charge in [-0.25, -0.2) is 0 Å². The number of thiophene rings is 1. The molecule has 2 atom stereocenters. The van der Waals surface area contributed by atoms with E-state index in [-0.39, 0.29) is 0 Å². The lowest BCUT2D eigenvalue weighted by atomic mass is 10.0. The van der Waals surface area contributed by atoms with Crippen LogP contribution in [0.25, 0.3) is 0 Å². The second-order valence-corrected chi connectivity index (χ2v) is 6.97. The highest BCUT2D eigenvalue weighted by atomic mass is 79.9. The molecule has 1 aromatic heterocycles. The molecule has 2 rings (SSSR count). The molecule has 1 aliphatic rings. The van der Waals surface area contributed by atoms with E-state index in [2.05, 4.69) is 46.8 Å². The van der Waals surface area contributed by atoms with Crippen molar-refractivity contribution in [1.29, 1.82) is 0 Å². The zero-order valence-corrected chi connectivity index (χ0v) is 11.8. The SMILES string of the molecule is CCC1C(C)CCN1Cc1ccc(Br)s1. The molecule has 0 bridgehead atoms. The van der Waals surface area contributed by atoms with Gasteiger partial charge in [-0.3, -0.25) is 4.90 Å². The Hall–Kier alpha value is 0.140. The van der Waals surface area contributed by atoms with Crippen LogP contribution in [-0.4, -0.2) is 17.5 Å². The minimum atomic E-state index is 0.797. The first-order valence-corrected chi connectivity index (χ1v) is 7.30. The van der Waals surface area contributed by atoms with Crippen molar-refractivity contribution in [1.82, 2.24) is 4.90 Å². The number of hydrogen-bond acceptors (Lipinski definition) is 2. The van der Waals surface area contributed by atoms with Crippen molar-refractivity contribution in [2.45, 2.75) is 39.3 Å². The van der Waals surface area contributed by atoms with Crippen LogP contribution in [0.4, 0.5) is 0 Å². The van der Waals surface area contributed by atoms with Crippen LogP contribution in [0.2, 0.25) is 0 Å². The molecular weight excluding hydrogens is 270 g/mol. The largest absolute Gasteiger partial charge is 0.295 e. The summed E-state index contributed by atoms with van der Waals surface area (Å²) in [6.07, 6.45) is 2.65. The number of halogens is 1. The summed E-state index contributed by atoms with van der Waals surface area (Å²) in [5.41, 5.74) is 0. The van der Waals surface area contributed by atoms with Crippen LogP contribution in [0, 0.1) is 5.92 Å². The minimum absolute atomic E-state index is 0.797. The summed E-state index contributed by atoms with van der Waals surface area (Å²) in [5.74, 6) is 0.874. The van der Waals surface area contributed by atoms with Crippen molar-refractivity contribution in [2.75, 3.05) is 6.54 Å². The van der Waals surface area contributed by atoms with E-state index in [4.69, 9.17) is 0 Å². The van der Waals surface area contributed by atoms with Gasteiger partial charge >= 0.3 is 0 Å². The van der Waals surface area contributed by atoms with Gasteiger partial charge in [0.25, 0.3) is 0 Å². The fourth-order valence-corrected chi connectivity index (χ4v) is 4.09. The van der Waals surface area contributed by atoms with Gasteiger partial charge in [-0.1, -0.05) is 13.8 Å². The van der Waals surface area contributed by atoms with E-state index < -0.39 is 0 Å². The molecule has 0 spiro atoms. The van der Waals surface area contributed by atoms with Crippen LogP contribution in [0.5, 0.6) is 0 Å². The lowest BCUT2D eigenvalue weighted by Gasteiger charge is -2.25. The van der Waals surface area contributed by atoms with E-state index in [1.54, 1.807) is 0 Å². The summed E-state index contributed by atoms with van der Waals surface area (Å²) in [5, 5.41) is 0. The Morgan fingerprint density at radius 3 is 2.93 bits per heavy atom. The molecule has 1 aliphatic heterocycles. The zero-order chi connectivity index (χ0) is 10.8. The molecule has 1 nitrogen and oxygen atoms in total. The third-order valence-electron chi connectivity index (χ3n) is 3.40. The normalized spacial score (nSPS) is 27.4. The Kier molecular flexibility index (Phi) is 3.86. The summed E-state index contributed by atoms with van der Waals surface area (Å²) in [7, 11) is 0. The monoisotopic (exact) mass is 287 g/mol. The molecule has 2 unspecified atom stereocenters. The van der Waals surface area contributed by atoms with E-state index in [0.29, 0.717) is 0 Å². The Balaban J connectivity index is 2.00. The second-order valence-electron chi connectivity index (χ2n) is 4.42. The van der Waals surface area contributed by atoms with Crippen LogP contribution in [0.3, 0.4) is 0 Å². The molecule has 1 saturated heterocycles. The fraction of sp³-hybridized carbons (Fsp3) is 0.667. The zero-order valence-electron chi connectivity index (χ0n) is 9.37. The molecule has 0 aliphatic carbocycles. The van der Waals surface area contributed by atoms with Crippen LogP contribution in [-0.2, 0) is 6.54 Å². The molecule has 84 valence electrons. The topological polar surface area (TPSA) is 3.24 Å². The van der Waals surface area contributed by atoms with Crippen LogP contribution < -0.4 is 0 Å². The van der Waals surface area contributed by atoms with E-state index in [1.165, 1.54) is 28.0 Å². The van der Waals surface area contributed by atoms with Crippen molar-refractivity contribution < 1.29 is 0 Å². The van der Waals surface area contributed by atoms with Crippen molar-refractivity contribution in [3.05, 3.63) is 20.8 Å². The maximum atomic E-state index is 3.53. The predicted octanol–water partition coefficient (Wildman–Crippen LogP) is 4.13.